The van der Waals surface area contributed by atoms with Crippen LogP contribution in [0.25, 0.3) is 11.1 Å². The van der Waals surface area contributed by atoms with Gasteiger partial charge in [0.25, 0.3) is 0 Å². The second-order valence-electron chi connectivity index (χ2n) is 11.9. The van der Waals surface area contributed by atoms with Gasteiger partial charge >= 0.3 is 12.1 Å². The number of likely N-dealkylation sites (tertiary alicyclic amines) is 1. The lowest BCUT2D eigenvalue weighted by molar-refractivity contribution is -0.150. The van der Waals surface area contributed by atoms with Crippen molar-refractivity contribution < 1.29 is 33.8 Å². The molecule has 46 heavy (non-hydrogen) atoms. The number of rotatable bonds is 16. The van der Waals surface area contributed by atoms with Crippen molar-refractivity contribution in [2.45, 2.75) is 69.5 Å². The summed E-state index contributed by atoms with van der Waals surface area (Å²) in [5, 5.41) is 14.6. The van der Waals surface area contributed by atoms with Crippen LogP contribution in [0.1, 0.15) is 62.5 Å². The van der Waals surface area contributed by atoms with Gasteiger partial charge in [-0.2, -0.15) is 0 Å². The first-order chi connectivity index (χ1) is 22.3. The summed E-state index contributed by atoms with van der Waals surface area (Å²) in [6.07, 6.45) is 4.96. The van der Waals surface area contributed by atoms with Gasteiger partial charge in [-0.15, -0.1) is 13.2 Å². The van der Waals surface area contributed by atoms with E-state index in [0.717, 1.165) is 28.7 Å². The standard InChI is InChI=1S/C36H45N3O7/c1-4-6-18-32(38-36(44)46-23-31-29-16-9-7-14-27(29)28-15-8-10-17-30(28)31)35(43)45-22-26-13-11-19-39(26)34(42)25(12-5-2)20-33(41)37-24(3)21-40/h4-5,7-10,14-17,24-26,31-32,40H,1-2,6,11-13,18-23H2,3H3,(H,37,41)(H,38,44)/t24-,25-,26-,32-/m0/s1. The van der Waals surface area contributed by atoms with Crippen molar-refractivity contribution in [1.29, 1.82) is 0 Å². The predicted octanol–water partition coefficient (Wildman–Crippen LogP) is 4.47. The highest BCUT2D eigenvalue weighted by molar-refractivity contribution is 5.86. The highest BCUT2D eigenvalue weighted by Gasteiger charge is 2.35. The largest absolute Gasteiger partial charge is 0.462 e. The molecule has 3 N–H and O–H groups in total. The van der Waals surface area contributed by atoms with E-state index in [4.69, 9.17) is 9.47 Å². The Morgan fingerprint density at radius 2 is 1.65 bits per heavy atom. The summed E-state index contributed by atoms with van der Waals surface area (Å²) in [7, 11) is 0. The first-order valence-electron chi connectivity index (χ1n) is 16.0. The van der Waals surface area contributed by atoms with Gasteiger partial charge in [0.1, 0.15) is 19.3 Å². The minimum Gasteiger partial charge on any atom is -0.462 e. The van der Waals surface area contributed by atoms with Crippen molar-refractivity contribution in [2.75, 3.05) is 26.4 Å². The Morgan fingerprint density at radius 1 is 0.978 bits per heavy atom. The molecule has 2 aromatic carbocycles. The molecule has 2 aliphatic rings. The van der Waals surface area contributed by atoms with Crippen LogP contribution in [0.15, 0.2) is 73.8 Å². The van der Waals surface area contributed by atoms with Crippen LogP contribution >= 0.6 is 0 Å². The molecule has 0 saturated carbocycles. The van der Waals surface area contributed by atoms with E-state index in [1.807, 2.05) is 36.4 Å². The molecular formula is C36H45N3O7. The molecule has 0 unspecified atom stereocenters. The molecule has 246 valence electrons. The maximum atomic E-state index is 13.5. The zero-order chi connectivity index (χ0) is 33.1. The molecule has 0 bridgehead atoms. The van der Waals surface area contributed by atoms with Gasteiger partial charge in [0.2, 0.25) is 11.8 Å². The van der Waals surface area contributed by atoms with Crippen LogP contribution in [0, 0.1) is 5.92 Å². The molecule has 10 nitrogen and oxygen atoms in total. The van der Waals surface area contributed by atoms with E-state index in [2.05, 4.69) is 35.9 Å². The summed E-state index contributed by atoms with van der Waals surface area (Å²) in [5.74, 6) is -1.87. The number of allylic oxidation sites excluding steroid dienone is 2. The van der Waals surface area contributed by atoms with Crippen LogP contribution < -0.4 is 10.6 Å². The monoisotopic (exact) mass is 631 g/mol. The van der Waals surface area contributed by atoms with E-state index in [1.54, 1.807) is 24.0 Å². The number of carbonyl (C=O) groups excluding carboxylic acids is 4. The number of nitrogens with zero attached hydrogens (tertiary/aromatic N) is 1. The van der Waals surface area contributed by atoms with Gasteiger partial charge in [-0.1, -0.05) is 60.7 Å². The first-order valence-corrected chi connectivity index (χ1v) is 16.0. The second-order valence-corrected chi connectivity index (χ2v) is 11.9. The van der Waals surface area contributed by atoms with Gasteiger partial charge in [0, 0.05) is 24.9 Å². The van der Waals surface area contributed by atoms with Gasteiger partial charge in [0.05, 0.1) is 18.6 Å². The first kappa shape index (κ1) is 34.4. The Kier molecular flexibility index (Phi) is 12.5. The highest BCUT2D eigenvalue weighted by Crippen LogP contribution is 2.44. The van der Waals surface area contributed by atoms with Gasteiger partial charge < -0.3 is 30.1 Å². The highest BCUT2D eigenvalue weighted by atomic mass is 16.6. The zero-order valence-electron chi connectivity index (χ0n) is 26.5. The minimum atomic E-state index is -0.954. The lowest BCUT2D eigenvalue weighted by Crippen LogP contribution is -2.46. The summed E-state index contributed by atoms with van der Waals surface area (Å²) in [6, 6.07) is 14.4. The number of amides is 3. The molecule has 4 rings (SSSR count). The summed E-state index contributed by atoms with van der Waals surface area (Å²) >= 11 is 0. The molecule has 0 radical (unpaired) electrons. The van der Waals surface area contributed by atoms with Crippen LogP contribution in [0.2, 0.25) is 0 Å². The average Bonchev–Trinajstić information content (AvgIpc) is 3.66. The topological polar surface area (TPSA) is 134 Å². The van der Waals surface area contributed by atoms with Gasteiger partial charge in [-0.25, -0.2) is 9.59 Å². The molecule has 1 fully saturated rings. The molecular weight excluding hydrogens is 586 g/mol. The summed E-state index contributed by atoms with van der Waals surface area (Å²) < 4.78 is 11.3. The number of aliphatic hydroxyl groups excluding tert-OH is 1. The number of ether oxygens (including phenoxy) is 2. The summed E-state index contributed by atoms with van der Waals surface area (Å²) in [6.45, 7) is 9.51. The number of alkyl carbamates (subject to hydrolysis) is 1. The van der Waals surface area contributed by atoms with Crippen molar-refractivity contribution in [3.05, 3.63) is 85.0 Å². The fourth-order valence-electron chi connectivity index (χ4n) is 6.20. The maximum absolute atomic E-state index is 13.5. The average molecular weight is 632 g/mol. The molecule has 0 spiro atoms. The normalized spacial score (nSPS) is 17.2. The van der Waals surface area contributed by atoms with E-state index in [0.29, 0.717) is 25.8 Å². The van der Waals surface area contributed by atoms with E-state index in [1.165, 1.54) is 0 Å². The molecule has 1 saturated heterocycles. The van der Waals surface area contributed by atoms with Crippen LogP contribution in [0.5, 0.6) is 0 Å². The zero-order valence-corrected chi connectivity index (χ0v) is 26.5. The van der Waals surface area contributed by atoms with Crippen molar-refractivity contribution in [3.8, 4) is 11.1 Å². The van der Waals surface area contributed by atoms with E-state index >= 15 is 0 Å². The molecule has 3 amide bonds. The Balaban J connectivity index is 1.33. The second kappa shape index (κ2) is 16.7. The van der Waals surface area contributed by atoms with E-state index in [9.17, 15) is 24.3 Å². The van der Waals surface area contributed by atoms with Gasteiger partial charge in [0.15, 0.2) is 0 Å². The molecule has 0 aromatic heterocycles. The fraction of sp³-hybridized carbons (Fsp3) is 0.444. The number of aliphatic hydroxyl groups is 1. The summed E-state index contributed by atoms with van der Waals surface area (Å²) in [4.78, 5) is 53.7. The van der Waals surface area contributed by atoms with E-state index in [-0.39, 0.29) is 56.4 Å². The smallest absolute Gasteiger partial charge is 0.407 e. The molecule has 4 atom stereocenters. The third kappa shape index (κ3) is 8.63. The van der Waals surface area contributed by atoms with E-state index < -0.39 is 30.1 Å². The lowest BCUT2D eigenvalue weighted by atomic mass is 9.98. The van der Waals surface area contributed by atoms with Crippen molar-refractivity contribution in [2.24, 2.45) is 5.92 Å². The quantitative estimate of drug-likeness (QED) is 0.184. The van der Waals surface area contributed by atoms with Gasteiger partial charge in [-0.05, 0) is 61.3 Å². The summed E-state index contributed by atoms with van der Waals surface area (Å²) in [5.41, 5.74) is 4.42. The number of esters is 1. The number of fused-ring (bicyclic) bond motifs is 3. The number of nitrogens with one attached hydrogen (secondary N) is 2. The Bertz CT molecular complexity index is 1360. The van der Waals surface area contributed by atoms with Crippen molar-refractivity contribution in [1.82, 2.24) is 15.5 Å². The third-order valence-corrected chi connectivity index (χ3v) is 8.57. The van der Waals surface area contributed by atoms with Crippen LogP contribution in [-0.2, 0) is 23.9 Å². The molecule has 1 aliphatic heterocycles. The van der Waals surface area contributed by atoms with Crippen LogP contribution in [0.3, 0.4) is 0 Å². The van der Waals surface area contributed by atoms with Crippen LogP contribution in [0.4, 0.5) is 4.79 Å². The number of benzene rings is 2. The third-order valence-electron chi connectivity index (χ3n) is 8.57. The Hall–Kier alpha value is -4.44. The molecule has 10 heteroatoms. The number of hydrogen-bond acceptors (Lipinski definition) is 7. The molecule has 2 aromatic rings. The van der Waals surface area contributed by atoms with Crippen molar-refractivity contribution in [3.63, 3.8) is 0 Å². The maximum Gasteiger partial charge on any atom is 0.407 e. The van der Waals surface area contributed by atoms with Crippen LogP contribution in [-0.4, -0.2) is 78.4 Å². The molecule has 1 aliphatic carbocycles. The predicted molar refractivity (Wildman–Crippen MR) is 175 cm³/mol. The Morgan fingerprint density at radius 3 is 2.28 bits per heavy atom. The number of carbonyl (C=O) groups is 4. The minimum absolute atomic E-state index is 0.0317. The van der Waals surface area contributed by atoms with Gasteiger partial charge in [-0.3, -0.25) is 9.59 Å². The Labute approximate surface area is 270 Å². The SMILES string of the molecule is C=CCC[C@H](NC(=O)OCC1c2ccccc2-c2ccccc21)C(=O)OC[C@@H]1CCCN1C(=O)[C@@H](CC=C)CC(=O)N[C@@H](C)CO. The lowest BCUT2D eigenvalue weighted by Gasteiger charge is -2.29. The molecule has 1 heterocycles. The fourth-order valence-corrected chi connectivity index (χ4v) is 6.20. The number of hydrogen-bond donors (Lipinski definition) is 3. The van der Waals surface area contributed by atoms with Crippen molar-refractivity contribution >= 4 is 23.9 Å².